The molecule has 0 bridgehead atoms. The summed E-state index contributed by atoms with van der Waals surface area (Å²) in [4.78, 5) is 12.5. The van der Waals surface area contributed by atoms with Gasteiger partial charge in [0.15, 0.2) is 11.5 Å². The Hall–Kier alpha value is -4.19. The molecule has 5 nitrogen and oxygen atoms in total. The van der Waals surface area contributed by atoms with Gasteiger partial charge in [0.2, 0.25) is 0 Å². The molecule has 166 valence electrons. The minimum atomic E-state index is -0.290. The summed E-state index contributed by atoms with van der Waals surface area (Å²) in [6.45, 7) is 2.64. The second-order valence-electron chi connectivity index (χ2n) is 7.32. The van der Waals surface area contributed by atoms with E-state index in [0.717, 1.165) is 21.9 Å². The number of ether oxygens (including phenoxy) is 2. The topological polar surface area (TPSA) is 59.9 Å². The number of rotatable bonds is 8. The number of nitrogens with one attached hydrogen (secondary N) is 1. The highest BCUT2D eigenvalue weighted by molar-refractivity contribution is 5.99. The van der Waals surface area contributed by atoms with Crippen molar-refractivity contribution in [2.45, 2.75) is 13.5 Å². The van der Waals surface area contributed by atoms with Crippen molar-refractivity contribution in [3.05, 3.63) is 107 Å². The molecule has 4 aromatic carbocycles. The number of carbonyl (C=O) groups is 1. The molecular weight excluding hydrogens is 419 g/mol. The molecule has 0 unspecified atom stereocenters. The van der Waals surface area contributed by atoms with Gasteiger partial charge in [-0.3, -0.25) is 4.79 Å². The van der Waals surface area contributed by atoms with E-state index in [1.165, 1.54) is 12.1 Å². The Balaban J connectivity index is 1.41. The second-order valence-corrected chi connectivity index (χ2v) is 7.32. The Morgan fingerprint density at radius 2 is 1.70 bits per heavy atom. The first-order valence-electron chi connectivity index (χ1n) is 10.6. The molecule has 1 N–H and O–H groups in total. The Morgan fingerprint density at radius 3 is 2.48 bits per heavy atom. The standard InChI is InChI=1S/C27H23FN2O3/c1-2-32-26-15-20(9-14-25(26)33-18-19-7-12-24(28)13-8-19)17-29-30-27(31)23-11-10-21-5-3-4-6-22(21)16-23/h3-17H,2,18H2,1H3,(H,30,31)/b29-17-. The van der Waals surface area contributed by atoms with Crippen molar-refractivity contribution >= 4 is 22.9 Å². The normalized spacial score (nSPS) is 11.0. The Bertz CT molecular complexity index is 1290. The summed E-state index contributed by atoms with van der Waals surface area (Å²) in [6.07, 6.45) is 1.55. The summed E-state index contributed by atoms with van der Waals surface area (Å²) in [5.74, 6) is 0.550. The van der Waals surface area contributed by atoms with Crippen LogP contribution in [0.25, 0.3) is 10.8 Å². The minimum Gasteiger partial charge on any atom is -0.490 e. The Morgan fingerprint density at radius 1 is 0.909 bits per heavy atom. The van der Waals surface area contributed by atoms with Gasteiger partial charge >= 0.3 is 0 Å². The maximum atomic E-state index is 13.1. The van der Waals surface area contributed by atoms with Crippen LogP contribution in [0.4, 0.5) is 4.39 Å². The van der Waals surface area contributed by atoms with E-state index >= 15 is 0 Å². The van der Waals surface area contributed by atoms with E-state index < -0.39 is 0 Å². The molecule has 4 rings (SSSR count). The van der Waals surface area contributed by atoms with Gasteiger partial charge in [-0.05, 0) is 71.3 Å². The molecule has 1 amide bonds. The van der Waals surface area contributed by atoms with Crippen LogP contribution in [0, 0.1) is 5.82 Å². The number of amides is 1. The Labute approximate surface area is 191 Å². The monoisotopic (exact) mass is 442 g/mol. The van der Waals surface area contributed by atoms with Crippen molar-refractivity contribution in [1.82, 2.24) is 5.43 Å². The number of halogens is 1. The fourth-order valence-electron chi connectivity index (χ4n) is 3.29. The van der Waals surface area contributed by atoms with Crippen molar-refractivity contribution in [1.29, 1.82) is 0 Å². The van der Waals surface area contributed by atoms with Crippen LogP contribution in [0.3, 0.4) is 0 Å². The third-order valence-corrected chi connectivity index (χ3v) is 4.97. The number of hydrogen-bond donors (Lipinski definition) is 1. The van der Waals surface area contributed by atoms with Crippen LogP contribution in [-0.4, -0.2) is 18.7 Å². The van der Waals surface area contributed by atoms with Crippen molar-refractivity contribution in [3.63, 3.8) is 0 Å². The van der Waals surface area contributed by atoms with Crippen molar-refractivity contribution in [2.75, 3.05) is 6.61 Å². The summed E-state index contributed by atoms with van der Waals surface area (Å²) >= 11 is 0. The van der Waals surface area contributed by atoms with E-state index in [9.17, 15) is 9.18 Å². The van der Waals surface area contributed by atoms with Crippen molar-refractivity contribution in [2.24, 2.45) is 5.10 Å². The predicted octanol–water partition coefficient (Wildman–Crippen LogP) is 5.72. The van der Waals surface area contributed by atoms with Crippen LogP contribution in [0.1, 0.15) is 28.4 Å². The van der Waals surface area contributed by atoms with Crippen LogP contribution in [0.5, 0.6) is 11.5 Å². The number of hydrogen-bond acceptors (Lipinski definition) is 4. The predicted molar refractivity (Wildman–Crippen MR) is 127 cm³/mol. The van der Waals surface area contributed by atoms with Gasteiger partial charge in [0.05, 0.1) is 12.8 Å². The van der Waals surface area contributed by atoms with Gasteiger partial charge in [0.25, 0.3) is 5.91 Å². The molecule has 4 aromatic rings. The SMILES string of the molecule is CCOc1cc(/C=N\NC(=O)c2ccc3ccccc3c2)ccc1OCc1ccc(F)cc1. The molecule has 0 aliphatic rings. The first-order chi connectivity index (χ1) is 16.1. The number of nitrogens with zero attached hydrogens (tertiary/aromatic N) is 1. The summed E-state index contributed by atoms with van der Waals surface area (Å²) in [6, 6.07) is 24.9. The lowest BCUT2D eigenvalue weighted by Crippen LogP contribution is -2.17. The minimum absolute atomic E-state index is 0.287. The lowest BCUT2D eigenvalue weighted by molar-refractivity contribution is 0.0955. The largest absolute Gasteiger partial charge is 0.490 e. The van der Waals surface area contributed by atoms with Crippen molar-refractivity contribution < 1.29 is 18.7 Å². The third-order valence-electron chi connectivity index (χ3n) is 4.97. The molecule has 33 heavy (non-hydrogen) atoms. The van der Waals surface area contributed by atoms with Gasteiger partial charge in [-0.25, -0.2) is 9.82 Å². The molecule has 6 heteroatoms. The van der Waals surface area contributed by atoms with E-state index in [0.29, 0.717) is 23.7 Å². The molecule has 0 atom stereocenters. The first kappa shape index (κ1) is 22.0. The molecule has 0 radical (unpaired) electrons. The highest BCUT2D eigenvalue weighted by atomic mass is 19.1. The lowest BCUT2D eigenvalue weighted by atomic mass is 10.1. The number of carbonyl (C=O) groups excluding carboxylic acids is 1. The molecule has 0 aliphatic heterocycles. The summed E-state index contributed by atoms with van der Waals surface area (Å²) < 4.78 is 24.6. The van der Waals surface area contributed by atoms with E-state index in [2.05, 4.69) is 10.5 Å². The zero-order valence-electron chi connectivity index (χ0n) is 18.1. The van der Waals surface area contributed by atoms with E-state index in [1.807, 2.05) is 49.4 Å². The van der Waals surface area contributed by atoms with Crippen LogP contribution >= 0.6 is 0 Å². The zero-order chi connectivity index (χ0) is 23.0. The highest BCUT2D eigenvalue weighted by Crippen LogP contribution is 2.29. The van der Waals surface area contributed by atoms with E-state index in [4.69, 9.17) is 9.47 Å². The maximum absolute atomic E-state index is 13.1. The first-order valence-corrected chi connectivity index (χ1v) is 10.6. The van der Waals surface area contributed by atoms with Crippen molar-refractivity contribution in [3.8, 4) is 11.5 Å². The quantitative estimate of drug-likeness (QED) is 0.280. The number of hydrazone groups is 1. The van der Waals surface area contributed by atoms with Gasteiger partial charge in [-0.15, -0.1) is 0 Å². The summed E-state index contributed by atoms with van der Waals surface area (Å²) in [7, 11) is 0. The molecule has 0 saturated heterocycles. The van der Waals surface area contributed by atoms with Gasteiger partial charge in [-0.2, -0.15) is 5.10 Å². The zero-order valence-corrected chi connectivity index (χ0v) is 18.1. The van der Waals surface area contributed by atoms with E-state index in [1.54, 1.807) is 36.5 Å². The lowest BCUT2D eigenvalue weighted by Gasteiger charge is -2.12. The highest BCUT2D eigenvalue weighted by Gasteiger charge is 2.08. The second kappa shape index (κ2) is 10.4. The van der Waals surface area contributed by atoms with Gasteiger partial charge in [0.1, 0.15) is 12.4 Å². The molecular formula is C27H23FN2O3. The van der Waals surface area contributed by atoms with Gasteiger partial charge < -0.3 is 9.47 Å². The average Bonchev–Trinajstić information content (AvgIpc) is 2.84. The molecule has 0 fully saturated rings. The number of fused-ring (bicyclic) bond motifs is 1. The van der Waals surface area contributed by atoms with Crippen LogP contribution in [0.2, 0.25) is 0 Å². The van der Waals surface area contributed by atoms with Gasteiger partial charge in [-0.1, -0.05) is 42.5 Å². The Kier molecular flexibility index (Phi) is 6.95. The van der Waals surface area contributed by atoms with E-state index in [-0.39, 0.29) is 18.3 Å². The van der Waals surface area contributed by atoms with Crippen LogP contribution < -0.4 is 14.9 Å². The summed E-state index contributed by atoms with van der Waals surface area (Å²) in [5, 5.41) is 6.14. The fourth-order valence-corrected chi connectivity index (χ4v) is 3.29. The molecule has 0 aliphatic carbocycles. The maximum Gasteiger partial charge on any atom is 0.271 e. The van der Waals surface area contributed by atoms with Crippen LogP contribution in [0.15, 0.2) is 90.0 Å². The molecule has 0 spiro atoms. The third kappa shape index (κ3) is 5.74. The van der Waals surface area contributed by atoms with Crippen LogP contribution in [-0.2, 0) is 6.61 Å². The smallest absolute Gasteiger partial charge is 0.271 e. The average molecular weight is 442 g/mol. The summed E-state index contributed by atoms with van der Waals surface area (Å²) in [5.41, 5.74) is 4.68. The fraction of sp³-hybridized carbons (Fsp3) is 0.111. The molecule has 0 aromatic heterocycles. The number of benzene rings is 4. The van der Waals surface area contributed by atoms with Gasteiger partial charge in [0, 0.05) is 5.56 Å². The molecule has 0 saturated carbocycles. The molecule has 0 heterocycles.